The van der Waals surface area contributed by atoms with E-state index in [9.17, 15) is 4.39 Å². The first-order valence-corrected chi connectivity index (χ1v) is 14.0. The van der Waals surface area contributed by atoms with Crippen LogP contribution in [-0.4, -0.2) is 0 Å². The molecule has 1 nitrogen and oxygen atoms in total. The van der Waals surface area contributed by atoms with Gasteiger partial charge in [0.15, 0.2) is 11.6 Å². The van der Waals surface area contributed by atoms with Gasteiger partial charge < -0.3 is 4.74 Å². The maximum absolute atomic E-state index is 15.3. The maximum Gasteiger partial charge on any atom is 0.165 e. The Balaban J connectivity index is 1.26. The van der Waals surface area contributed by atoms with Gasteiger partial charge in [-0.3, -0.25) is 0 Å². The third-order valence-electron chi connectivity index (χ3n) is 8.68. The van der Waals surface area contributed by atoms with E-state index in [0.717, 1.165) is 48.3 Å². The average molecular weight is 507 g/mol. The molecule has 3 aromatic rings. The lowest BCUT2D eigenvalue weighted by atomic mass is 9.63. The molecule has 4 unspecified atom stereocenters. The standard InChI is InChI=1S/C33H37F3O/c1-2-3-7-22-10-11-25-17-26(13-12-24(25)16-22)28-19-30(35)33(31(36)20-28)27-14-15-32(29(34)18-27)37-21-23-8-5-4-6-9-23/h4-6,8-9,14-15,18-20,22,24-26H,2-3,7,10-13,16-17,21H2,1H3. The zero-order chi connectivity index (χ0) is 25.8. The molecule has 0 amide bonds. The van der Waals surface area contributed by atoms with E-state index in [1.165, 1.54) is 62.8 Å². The fourth-order valence-electron chi connectivity index (χ4n) is 6.66. The van der Waals surface area contributed by atoms with Crippen LogP contribution >= 0.6 is 0 Å². The lowest BCUT2D eigenvalue weighted by Crippen LogP contribution is -2.30. The second-order valence-corrected chi connectivity index (χ2v) is 11.1. The molecule has 3 aromatic carbocycles. The first kappa shape index (κ1) is 25.9. The van der Waals surface area contributed by atoms with Gasteiger partial charge in [0.2, 0.25) is 0 Å². The van der Waals surface area contributed by atoms with Crippen molar-refractivity contribution in [2.24, 2.45) is 17.8 Å². The average Bonchev–Trinajstić information content (AvgIpc) is 2.91. The van der Waals surface area contributed by atoms with Gasteiger partial charge in [-0.05, 0) is 96.7 Å². The molecule has 0 radical (unpaired) electrons. The first-order chi connectivity index (χ1) is 18.0. The van der Waals surface area contributed by atoms with Crippen LogP contribution in [0.25, 0.3) is 11.1 Å². The SMILES string of the molecule is CCCCC1CCC2CC(c3cc(F)c(-c4ccc(OCc5ccccc5)c(F)c4)c(F)c3)CCC2C1. The number of halogens is 3. The van der Waals surface area contributed by atoms with E-state index in [2.05, 4.69) is 6.92 Å². The second kappa shape index (κ2) is 11.8. The number of rotatable bonds is 8. The first-order valence-electron chi connectivity index (χ1n) is 14.0. The van der Waals surface area contributed by atoms with Crippen LogP contribution in [0.15, 0.2) is 60.7 Å². The summed E-state index contributed by atoms with van der Waals surface area (Å²) in [7, 11) is 0. The molecule has 2 fully saturated rings. The van der Waals surface area contributed by atoms with Crippen molar-refractivity contribution in [2.75, 3.05) is 0 Å². The molecule has 0 saturated heterocycles. The molecule has 2 saturated carbocycles. The van der Waals surface area contributed by atoms with E-state index in [1.807, 2.05) is 30.3 Å². The minimum absolute atomic E-state index is 0.0613. The summed E-state index contributed by atoms with van der Waals surface area (Å²) in [5, 5.41) is 0. The summed E-state index contributed by atoms with van der Waals surface area (Å²) in [4.78, 5) is 0. The van der Waals surface area contributed by atoms with Gasteiger partial charge in [0.1, 0.15) is 18.2 Å². The molecule has 0 bridgehead atoms. The third-order valence-corrected chi connectivity index (χ3v) is 8.68. The summed E-state index contributed by atoms with van der Waals surface area (Å²) in [6.07, 6.45) is 11.0. The van der Waals surface area contributed by atoms with Gasteiger partial charge in [-0.2, -0.15) is 0 Å². The van der Waals surface area contributed by atoms with Crippen molar-refractivity contribution < 1.29 is 17.9 Å². The Hall–Kier alpha value is -2.75. The van der Waals surface area contributed by atoms with E-state index in [4.69, 9.17) is 4.74 Å². The quantitative estimate of drug-likeness (QED) is 0.295. The molecule has 5 rings (SSSR count). The topological polar surface area (TPSA) is 9.23 Å². The number of ether oxygens (including phenoxy) is 1. The fraction of sp³-hybridized carbons (Fsp3) is 0.455. The van der Waals surface area contributed by atoms with Crippen molar-refractivity contribution in [1.82, 2.24) is 0 Å². The Morgan fingerprint density at radius 2 is 1.51 bits per heavy atom. The summed E-state index contributed by atoms with van der Waals surface area (Å²) < 4.78 is 50.9. The summed E-state index contributed by atoms with van der Waals surface area (Å²) >= 11 is 0. The molecule has 196 valence electrons. The zero-order valence-corrected chi connectivity index (χ0v) is 21.7. The van der Waals surface area contributed by atoms with E-state index in [-0.39, 0.29) is 29.4 Å². The number of hydrogen-bond acceptors (Lipinski definition) is 1. The summed E-state index contributed by atoms with van der Waals surface area (Å²) in [6, 6.07) is 16.5. The van der Waals surface area contributed by atoms with Crippen LogP contribution in [0, 0.1) is 35.2 Å². The summed E-state index contributed by atoms with van der Waals surface area (Å²) in [5.74, 6) is 0.664. The molecule has 4 heteroatoms. The van der Waals surface area contributed by atoms with Crippen molar-refractivity contribution in [3.05, 3.63) is 89.2 Å². The van der Waals surface area contributed by atoms with Crippen molar-refractivity contribution >= 4 is 0 Å². The Morgan fingerprint density at radius 3 is 2.24 bits per heavy atom. The van der Waals surface area contributed by atoms with Crippen LogP contribution < -0.4 is 4.74 Å². The molecule has 0 heterocycles. The Morgan fingerprint density at radius 1 is 0.784 bits per heavy atom. The van der Waals surface area contributed by atoms with Crippen LogP contribution in [0.2, 0.25) is 0 Å². The highest BCUT2D eigenvalue weighted by Crippen LogP contribution is 2.49. The highest BCUT2D eigenvalue weighted by atomic mass is 19.1. The number of benzene rings is 3. The van der Waals surface area contributed by atoms with Gasteiger partial charge in [0, 0.05) is 0 Å². The van der Waals surface area contributed by atoms with Gasteiger partial charge in [0.05, 0.1) is 5.56 Å². The summed E-state index contributed by atoms with van der Waals surface area (Å²) in [6.45, 7) is 2.48. The van der Waals surface area contributed by atoms with Crippen LogP contribution in [0.3, 0.4) is 0 Å². The third kappa shape index (κ3) is 6.05. The second-order valence-electron chi connectivity index (χ2n) is 11.1. The molecule has 0 aliphatic heterocycles. The number of fused-ring (bicyclic) bond motifs is 1. The minimum atomic E-state index is -0.635. The van der Waals surface area contributed by atoms with Crippen molar-refractivity contribution in [2.45, 2.75) is 77.2 Å². The smallest absolute Gasteiger partial charge is 0.165 e. The van der Waals surface area contributed by atoms with Crippen LogP contribution in [0.1, 0.15) is 81.8 Å². The highest BCUT2D eigenvalue weighted by molar-refractivity contribution is 5.66. The van der Waals surface area contributed by atoms with Crippen LogP contribution in [-0.2, 0) is 6.61 Å². The zero-order valence-electron chi connectivity index (χ0n) is 21.7. The molecule has 2 aliphatic carbocycles. The Labute approximate surface area is 219 Å². The van der Waals surface area contributed by atoms with Crippen molar-refractivity contribution in [3.63, 3.8) is 0 Å². The minimum Gasteiger partial charge on any atom is -0.486 e. The fourth-order valence-corrected chi connectivity index (χ4v) is 6.66. The Bertz CT molecular complexity index is 1170. The number of hydrogen-bond donors (Lipinski definition) is 0. The van der Waals surface area contributed by atoms with Crippen LogP contribution in [0.4, 0.5) is 13.2 Å². The molecule has 37 heavy (non-hydrogen) atoms. The molecule has 0 aromatic heterocycles. The lowest BCUT2D eigenvalue weighted by Gasteiger charge is -2.42. The highest BCUT2D eigenvalue weighted by Gasteiger charge is 2.36. The van der Waals surface area contributed by atoms with Gasteiger partial charge in [-0.25, -0.2) is 13.2 Å². The van der Waals surface area contributed by atoms with E-state index >= 15 is 8.78 Å². The van der Waals surface area contributed by atoms with Gasteiger partial charge in [-0.1, -0.05) is 69.0 Å². The van der Waals surface area contributed by atoms with Crippen molar-refractivity contribution in [1.29, 1.82) is 0 Å². The summed E-state index contributed by atoms with van der Waals surface area (Å²) in [5.41, 5.74) is 1.66. The van der Waals surface area contributed by atoms with E-state index in [0.29, 0.717) is 5.92 Å². The molecule has 0 spiro atoms. The predicted molar refractivity (Wildman–Crippen MR) is 143 cm³/mol. The molecule has 4 atom stereocenters. The molecular formula is C33H37F3O. The molecular weight excluding hydrogens is 469 g/mol. The van der Waals surface area contributed by atoms with E-state index in [1.54, 1.807) is 0 Å². The normalized spacial score (nSPS) is 23.5. The molecule has 0 N–H and O–H groups in total. The van der Waals surface area contributed by atoms with Crippen LogP contribution in [0.5, 0.6) is 5.75 Å². The monoisotopic (exact) mass is 506 g/mol. The number of unbranched alkanes of at least 4 members (excludes halogenated alkanes) is 1. The Kier molecular flexibility index (Phi) is 8.22. The van der Waals surface area contributed by atoms with Gasteiger partial charge >= 0.3 is 0 Å². The van der Waals surface area contributed by atoms with Crippen molar-refractivity contribution in [3.8, 4) is 16.9 Å². The van der Waals surface area contributed by atoms with Gasteiger partial charge in [-0.15, -0.1) is 0 Å². The predicted octanol–water partition coefficient (Wildman–Crippen LogP) is 9.84. The largest absolute Gasteiger partial charge is 0.486 e. The van der Waals surface area contributed by atoms with Gasteiger partial charge in [0.25, 0.3) is 0 Å². The molecule has 2 aliphatic rings. The van der Waals surface area contributed by atoms with E-state index < -0.39 is 17.5 Å². The maximum atomic E-state index is 15.3. The lowest BCUT2D eigenvalue weighted by molar-refractivity contribution is 0.113.